The predicted octanol–water partition coefficient (Wildman–Crippen LogP) is 3.30. The van der Waals surface area contributed by atoms with Crippen molar-refractivity contribution in [3.8, 4) is 5.82 Å². The molecule has 0 saturated carbocycles. The van der Waals surface area contributed by atoms with Crippen LogP contribution in [-0.2, 0) is 11.3 Å². The molecule has 2 aromatic heterocycles. The third-order valence-electron chi connectivity index (χ3n) is 4.26. The number of amides is 1. The molecule has 27 heavy (non-hydrogen) atoms. The molecule has 0 aliphatic heterocycles. The fourth-order valence-electron chi connectivity index (χ4n) is 2.67. The maximum absolute atomic E-state index is 12.1. The first-order chi connectivity index (χ1) is 12.9. The minimum atomic E-state index is -0.0253. The zero-order valence-corrected chi connectivity index (χ0v) is 16.8. The summed E-state index contributed by atoms with van der Waals surface area (Å²) in [6.45, 7) is 8.60. The first-order valence-corrected chi connectivity index (χ1v) is 9.74. The second-order valence-corrected chi connectivity index (χ2v) is 7.55. The molecule has 140 valence electrons. The Kier molecular flexibility index (Phi) is 5.91. The van der Waals surface area contributed by atoms with Crippen LogP contribution in [0.1, 0.15) is 28.1 Å². The number of hydrogen-bond donors (Lipinski definition) is 1. The SMILES string of the molecule is Cc1cc(C)n(-c2ccc(SCC(=O)NCc3ccc(C)c(C)c3)nn2)n1. The van der Waals surface area contributed by atoms with E-state index in [9.17, 15) is 4.79 Å². The smallest absolute Gasteiger partial charge is 0.230 e. The summed E-state index contributed by atoms with van der Waals surface area (Å²) in [6.07, 6.45) is 0. The molecule has 0 aliphatic rings. The van der Waals surface area contributed by atoms with Crippen molar-refractivity contribution >= 4 is 17.7 Å². The van der Waals surface area contributed by atoms with E-state index in [1.54, 1.807) is 4.68 Å². The van der Waals surface area contributed by atoms with E-state index in [1.807, 2.05) is 38.1 Å². The Morgan fingerprint density at radius 1 is 1.04 bits per heavy atom. The highest BCUT2D eigenvalue weighted by Gasteiger charge is 2.08. The summed E-state index contributed by atoms with van der Waals surface area (Å²) >= 11 is 1.37. The Labute approximate surface area is 163 Å². The van der Waals surface area contributed by atoms with Gasteiger partial charge in [0.25, 0.3) is 0 Å². The van der Waals surface area contributed by atoms with Gasteiger partial charge in [0.15, 0.2) is 5.82 Å². The van der Waals surface area contributed by atoms with Crippen LogP contribution in [0, 0.1) is 27.7 Å². The van der Waals surface area contributed by atoms with Crippen molar-refractivity contribution in [2.24, 2.45) is 0 Å². The van der Waals surface area contributed by atoms with Gasteiger partial charge in [-0.3, -0.25) is 4.79 Å². The van der Waals surface area contributed by atoms with E-state index >= 15 is 0 Å². The second-order valence-electron chi connectivity index (χ2n) is 6.55. The molecule has 3 aromatic rings. The third-order valence-corrected chi connectivity index (χ3v) is 5.18. The molecule has 0 unspecified atom stereocenters. The summed E-state index contributed by atoms with van der Waals surface area (Å²) in [7, 11) is 0. The van der Waals surface area contributed by atoms with Crippen LogP contribution in [0.2, 0.25) is 0 Å². The number of nitrogens with one attached hydrogen (secondary N) is 1. The van der Waals surface area contributed by atoms with E-state index in [-0.39, 0.29) is 5.91 Å². The molecule has 0 fully saturated rings. The van der Waals surface area contributed by atoms with Crippen molar-refractivity contribution in [2.45, 2.75) is 39.3 Å². The summed E-state index contributed by atoms with van der Waals surface area (Å²) in [6, 6.07) is 11.9. The topological polar surface area (TPSA) is 72.7 Å². The fourth-order valence-corrected chi connectivity index (χ4v) is 3.31. The molecule has 0 saturated heterocycles. The van der Waals surface area contributed by atoms with E-state index < -0.39 is 0 Å². The first-order valence-electron chi connectivity index (χ1n) is 8.75. The molecule has 1 amide bonds. The zero-order chi connectivity index (χ0) is 19.4. The first kappa shape index (κ1) is 19.1. The molecular formula is C20H23N5OS. The van der Waals surface area contributed by atoms with Gasteiger partial charge in [-0.25, -0.2) is 4.68 Å². The molecule has 0 atom stereocenters. The molecule has 0 radical (unpaired) electrons. The molecule has 1 N–H and O–H groups in total. The summed E-state index contributed by atoms with van der Waals surface area (Å²) in [5.74, 6) is 0.950. The summed E-state index contributed by atoms with van der Waals surface area (Å²) in [4.78, 5) is 12.1. The van der Waals surface area contributed by atoms with Gasteiger partial charge < -0.3 is 5.32 Å². The number of nitrogens with zero attached hydrogens (tertiary/aromatic N) is 4. The van der Waals surface area contributed by atoms with Crippen molar-refractivity contribution < 1.29 is 4.79 Å². The van der Waals surface area contributed by atoms with Crippen molar-refractivity contribution in [3.05, 3.63) is 64.5 Å². The van der Waals surface area contributed by atoms with Gasteiger partial charge in [0.2, 0.25) is 5.91 Å². The highest BCUT2D eigenvalue weighted by Crippen LogP contribution is 2.16. The lowest BCUT2D eigenvalue weighted by atomic mass is 10.1. The molecule has 2 heterocycles. The van der Waals surface area contributed by atoms with Crippen LogP contribution in [-0.4, -0.2) is 31.6 Å². The molecule has 7 heteroatoms. The lowest BCUT2D eigenvalue weighted by molar-refractivity contribution is -0.118. The van der Waals surface area contributed by atoms with Gasteiger partial charge in [0.05, 0.1) is 11.4 Å². The van der Waals surface area contributed by atoms with Crippen LogP contribution in [0.4, 0.5) is 0 Å². The van der Waals surface area contributed by atoms with Crippen LogP contribution in [0.5, 0.6) is 0 Å². The Bertz CT molecular complexity index is 950. The monoisotopic (exact) mass is 381 g/mol. The summed E-state index contributed by atoms with van der Waals surface area (Å²) < 4.78 is 1.76. The van der Waals surface area contributed by atoms with Crippen LogP contribution in [0.15, 0.2) is 41.4 Å². The number of carbonyl (C=O) groups is 1. The van der Waals surface area contributed by atoms with Crippen LogP contribution < -0.4 is 5.32 Å². The maximum Gasteiger partial charge on any atom is 0.230 e. The Morgan fingerprint density at radius 2 is 1.85 bits per heavy atom. The lowest BCUT2D eigenvalue weighted by Crippen LogP contribution is -2.24. The average molecular weight is 382 g/mol. The quantitative estimate of drug-likeness (QED) is 0.663. The van der Waals surface area contributed by atoms with Gasteiger partial charge in [0, 0.05) is 12.2 Å². The Morgan fingerprint density at radius 3 is 2.48 bits per heavy atom. The van der Waals surface area contributed by atoms with Gasteiger partial charge in [-0.1, -0.05) is 30.0 Å². The number of hydrogen-bond acceptors (Lipinski definition) is 5. The summed E-state index contributed by atoms with van der Waals surface area (Å²) in [5, 5.41) is 16.4. The molecule has 6 nitrogen and oxygen atoms in total. The minimum absolute atomic E-state index is 0.0253. The van der Waals surface area contributed by atoms with Crippen molar-refractivity contribution in [1.82, 2.24) is 25.3 Å². The maximum atomic E-state index is 12.1. The highest BCUT2D eigenvalue weighted by molar-refractivity contribution is 7.99. The lowest BCUT2D eigenvalue weighted by Gasteiger charge is -2.07. The van der Waals surface area contributed by atoms with Gasteiger partial charge in [-0.2, -0.15) is 5.10 Å². The molecule has 1 aromatic carbocycles. The Balaban J connectivity index is 1.51. The van der Waals surface area contributed by atoms with Crippen molar-refractivity contribution in [1.29, 1.82) is 0 Å². The number of carbonyl (C=O) groups excluding carboxylic acids is 1. The number of benzene rings is 1. The average Bonchev–Trinajstić information content (AvgIpc) is 2.99. The molecular weight excluding hydrogens is 358 g/mol. The standard InChI is InChI=1S/C20H23N5OS/c1-13-5-6-17(9-14(13)2)11-21-19(26)12-27-20-8-7-18(22-23-20)25-16(4)10-15(3)24-25/h5-10H,11-12H2,1-4H3,(H,21,26). The second kappa shape index (κ2) is 8.35. The van der Waals surface area contributed by atoms with E-state index in [4.69, 9.17) is 0 Å². The molecule has 0 aliphatic carbocycles. The number of aromatic nitrogens is 4. The minimum Gasteiger partial charge on any atom is -0.351 e. The predicted molar refractivity (Wildman–Crippen MR) is 107 cm³/mol. The third kappa shape index (κ3) is 4.95. The van der Waals surface area contributed by atoms with Crippen molar-refractivity contribution in [3.63, 3.8) is 0 Å². The number of rotatable bonds is 6. The van der Waals surface area contributed by atoms with Crippen LogP contribution >= 0.6 is 11.8 Å². The van der Waals surface area contributed by atoms with Gasteiger partial charge >= 0.3 is 0 Å². The van der Waals surface area contributed by atoms with Gasteiger partial charge in [-0.15, -0.1) is 10.2 Å². The molecule has 0 spiro atoms. The molecule has 0 bridgehead atoms. The van der Waals surface area contributed by atoms with E-state index in [0.29, 0.717) is 23.1 Å². The van der Waals surface area contributed by atoms with Crippen LogP contribution in [0.3, 0.4) is 0 Å². The highest BCUT2D eigenvalue weighted by atomic mass is 32.2. The largest absolute Gasteiger partial charge is 0.351 e. The summed E-state index contributed by atoms with van der Waals surface area (Å²) in [5.41, 5.74) is 5.53. The fraction of sp³-hybridized carbons (Fsp3) is 0.300. The van der Waals surface area contributed by atoms with E-state index in [0.717, 1.165) is 17.0 Å². The number of thioether (sulfide) groups is 1. The van der Waals surface area contributed by atoms with E-state index in [1.165, 1.54) is 22.9 Å². The van der Waals surface area contributed by atoms with Gasteiger partial charge in [-0.05, 0) is 62.6 Å². The zero-order valence-electron chi connectivity index (χ0n) is 16.0. The van der Waals surface area contributed by atoms with Crippen molar-refractivity contribution in [2.75, 3.05) is 5.75 Å². The molecule has 3 rings (SSSR count). The van der Waals surface area contributed by atoms with Crippen LogP contribution in [0.25, 0.3) is 5.82 Å². The van der Waals surface area contributed by atoms with E-state index in [2.05, 4.69) is 46.6 Å². The van der Waals surface area contributed by atoms with Gasteiger partial charge in [0.1, 0.15) is 5.03 Å². The normalized spacial score (nSPS) is 10.8. The Hall–Kier alpha value is -2.67. The number of aryl methyl sites for hydroxylation is 4.